The summed E-state index contributed by atoms with van der Waals surface area (Å²) in [5.41, 5.74) is 0. The van der Waals surface area contributed by atoms with Crippen LogP contribution in [0.5, 0.6) is 0 Å². The van der Waals surface area contributed by atoms with E-state index in [1.54, 1.807) is 11.3 Å². The summed E-state index contributed by atoms with van der Waals surface area (Å²) in [6.07, 6.45) is 0. The molecule has 1 aromatic rings. The van der Waals surface area contributed by atoms with E-state index in [9.17, 15) is 0 Å². The van der Waals surface area contributed by atoms with Crippen LogP contribution in [0.2, 0.25) is 0 Å². The summed E-state index contributed by atoms with van der Waals surface area (Å²) in [6, 6.07) is 2.15. The Morgan fingerprint density at radius 2 is 2.50 bits per heavy atom. The van der Waals surface area contributed by atoms with E-state index < -0.39 is 0 Å². The van der Waals surface area contributed by atoms with Gasteiger partial charge in [-0.15, -0.1) is 11.3 Å². The maximum Gasteiger partial charge on any atom is 0.0299 e. The molecule has 1 nitrogen and oxygen atoms in total. The topological polar surface area (TPSA) is 12.0 Å². The summed E-state index contributed by atoms with van der Waals surface area (Å²) in [5.74, 6) is 0. The Labute approximate surface area is 73.6 Å². The Kier molecular flexibility index (Phi) is 3.39. The molecular formula is C7H10BrNS. The van der Waals surface area contributed by atoms with Crippen molar-refractivity contribution in [2.45, 2.75) is 13.5 Å². The van der Waals surface area contributed by atoms with E-state index in [1.165, 1.54) is 9.35 Å². The van der Waals surface area contributed by atoms with Gasteiger partial charge in [0, 0.05) is 21.3 Å². The third-order valence-electron chi connectivity index (χ3n) is 1.17. The second-order valence-corrected chi connectivity index (χ2v) is 3.92. The molecule has 0 amide bonds. The highest BCUT2D eigenvalue weighted by molar-refractivity contribution is 9.10. The molecule has 3 heteroatoms. The smallest absolute Gasteiger partial charge is 0.0299 e. The number of nitrogens with one attached hydrogen (secondary N) is 1. The summed E-state index contributed by atoms with van der Waals surface area (Å²) in [5, 5.41) is 5.37. The van der Waals surface area contributed by atoms with Gasteiger partial charge in [0.2, 0.25) is 0 Å². The lowest BCUT2D eigenvalue weighted by Crippen LogP contribution is -2.10. The van der Waals surface area contributed by atoms with Crippen LogP contribution in [0.15, 0.2) is 15.9 Å². The van der Waals surface area contributed by atoms with Gasteiger partial charge in [0.05, 0.1) is 0 Å². The molecule has 1 rings (SSSR count). The maximum atomic E-state index is 3.41. The monoisotopic (exact) mass is 219 g/mol. The molecule has 10 heavy (non-hydrogen) atoms. The first-order chi connectivity index (χ1) is 4.83. The Bertz CT molecular complexity index is 197. The molecule has 0 atom stereocenters. The molecular weight excluding hydrogens is 210 g/mol. The lowest BCUT2D eigenvalue weighted by Gasteiger charge is -1.94. The first-order valence-electron chi connectivity index (χ1n) is 3.26. The van der Waals surface area contributed by atoms with Gasteiger partial charge in [-0.1, -0.05) is 6.92 Å². The average molecular weight is 220 g/mol. The Morgan fingerprint density at radius 3 is 3.00 bits per heavy atom. The van der Waals surface area contributed by atoms with Gasteiger partial charge in [0.15, 0.2) is 0 Å². The lowest BCUT2D eigenvalue weighted by atomic mass is 10.4. The van der Waals surface area contributed by atoms with Gasteiger partial charge in [-0.05, 0) is 28.5 Å². The van der Waals surface area contributed by atoms with Crippen molar-refractivity contribution in [3.8, 4) is 0 Å². The van der Waals surface area contributed by atoms with Crippen LogP contribution in [0.25, 0.3) is 0 Å². The zero-order valence-electron chi connectivity index (χ0n) is 5.86. The van der Waals surface area contributed by atoms with Crippen molar-refractivity contribution in [1.82, 2.24) is 5.32 Å². The van der Waals surface area contributed by atoms with Crippen LogP contribution in [0, 0.1) is 0 Å². The number of thiophene rings is 1. The zero-order chi connectivity index (χ0) is 7.40. The van der Waals surface area contributed by atoms with Crippen LogP contribution in [0.4, 0.5) is 0 Å². The fourth-order valence-electron chi connectivity index (χ4n) is 0.695. The summed E-state index contributed by atoms with van der Waals surface area (Å²) in [6.45, 7) is 4.14. The third kappa shape index (κ3) is 2.40. The molecule has 0 spiro atoms. The molecule has 0 aliphatic carbocycles. The SMILES string of the molecule is CCNCc1cc(Br)cs1. The van der Waals surface area contributed by atoms with Gasteiger partial charge in [0.25, 0.3) is 0 Å². The molecule has 0 saturated heterocycles. The van der Waals surface area contributed by atoms with E-state index in [4.69, 9.17) is 0 Å². The Morgan fingerprint density at radius 1 is 1.70 bits per heavy atom. The molecule has 0 aromatic carbocycles. The normalized spacial score (nSPS) is 10.2. The van der Waals surface area contributed by atoms with Crippen molar-refractivity contribution in [3.63, 3.8) is 0 Å². The highest BCUT2D eigenvalue weighted by Crippen LogP contribution is 2.19. The van der Waals surface area contributed by atoms with Crippen LogP contribution in [-0.4, -0.2) is 6.54 Å². The van der Waals surface area contributed by atoms with Crippen LogP contribution in [-0.2, 0) is 6.54 Å². The van der Waals surface area contributed by atoms with Gasteiger partial charge in [-0.2, -0.15) is 0 Å². The molecule has 1 heterocycles. The minimum Gasteiger partial charge on any atom is -0.312 e. The predicted molar refractivity (Wildman–Crippen MR) is 49.4 cm³/mol. The van der Waals surface area contributed by atoms with Gasteiger partial charge in [0.1, 0.15) is 0 Å². The average Bonchev–Trinajstić information content (AvgIpc) is 2.31. The quantitative estimate of drug-likeness (QED) is 0.825. The second-order valence-electron chi connectivity index (χ2n) is 2.01. The molecule has 0 fully saturated rings. The van der Waals surface area contributed by atoms with Gasteiger partial charge in [-0.3, -0.25) is 0 Å². The largest absolute Gasteiger partial charge is 0.312 e. The van der Waals surface area contributed by atoms with Crippen LogP contribution >= 0.6 is 27.3 Å². The van der Waals surface area contributed by atoms with Crippen molar-refractivity contribution < 1.29 is 0 Å². The first-order valence-corrected chi connectivity index (χ1v) is 4.94. The Balaban J connectivity index is 2.42. The minimum atomic E-state index is 0.993. The van der Waals surface area contributed by atoms with E-state index in [-0.39, 0.29) is 0 Å². The van der Waals surface area contributed by atoms with Gasteiger partial charge >= 0.3 is 0 Å². The van der Waals surface area contributed by atoms with E-state index >= 15 is 0 Å². The van der Waals surface area contributed by atoms with Crippen molar-refractivity contribution in [2.75, 3.05) is 6.54 Å². The maximum absolute atomic E-state index is 3.41. The van der Waals surface area contributed by atoms with Crippen molar-refractivity contribution >= 4 is 27.3 Å². The molecule has 0 aliphatic heterocycles. The number of hydrogen-bond acceptors (Lipinski definition) is 2. The standard InChI is InChI=1S/C7H10BrNS/c1-2-9-4-7-3-6(8)5-10-7/h3,5,9H,2,4H2,1H3. The van der Waals surface area contributed by atoms with Crippen molar-refractivity contribution in [3.05, 3.63) is 20.8 Å². The summed E-state index contributed by atoms with van der Waals surface area (Å²) < 4.78 is 1.19. The summed E-state index contributed by atoms with van der Waals surface area (Å²) in [7, 11) is 0. The van der Waals surface area contributed by atoms with Gasteiger partial charge < -0.3 is 5.32 Å². The highest BCUT2D eigenvalue weighted by atomic mass is 79.9. The van der Waals surface area contributed by atoms with Crippen molar-refractivity contribution in [1.29, 1.82) is 0 Å². The highest BCUT2D eigenvalue weighted by Gasteiger charge is 1.94. The van der Waals surface area contributed by atoms with Crippen LogP contribution in [0.3, 0.4) is 0 Å². The molecule has 0 aliphatic rings. The van der Waals surface area contributed by atoms with Crippen molar-refractivity contribution in [2.24, 2.45) is 0 Å². The molecule has 0 radical (unpaired) electrons. The molecule has 1 N–H and O–H groups in total. The molecule has 0 bridgehead atoms. The molecule has 56 valence electrons. The van der Waals surface area contributed by atoms with E-state index in [0.29, 0.717) is 0 Å². The fourth-order valence-corrected chi connectivity index (χ4v) is 2.12. The third-order valence-corrected chi connectivity index (χ3v) is 2.87. The minimum absolute atomic E-state index is 0.993. The number of hydrogen-bond donors (Lipinski definition) is 1. The predicted octanol–water partition coefficient (Wildman–Crippen LogP) is 2.62. The van der Waals surface area contributed by atoms with Gasteiger partial charge in [-0.25, -0.2) is 0 Å². The summed E-state index contributed by atoms with van der Waals surface area (Å²) in [4.78, 5) is 1.38. The molecule has 1 aromatic heterocycles. The fraction of sp³-hybridized carbons (Fsp3) is 0.429. The summed E-state index contributed by atoms with van der Waals surface area (Å²) >= 11 is 5.19. The van der Waals surface area contributed by atoms with E-state index in [1.807, 2.05) is 0 Å². The molecule has 0 saturated carbocycles. The number of rotatable bonds is 3. The zero-order valence-corrected chi connectivity index (χ0v) is 8.26. The lowest BCUT2D eigenvalue weighted by molar-refractivity contribution is 0.735. The molecule has 0 unspecified atom stereocenters. The number of halogens is 1. The van der Waals surface area contributed by atoms with Crippen LogP contribution in [0.1, 0.15) is 11.8 Å². The van der Waals surface area contributed by atoms with Crippen LogP contribution < -0.4 is 5.32 Å². The Hall–Kier alpha value is 0.140. The van der Waals surface area contributed by atoms with E-state index in [2.05, 4.69) is 39.6 Å². The van der Waals surface area contributed by atoms with E-state index in [0.717, 1.165) is 13.1 Å². The first kappa shape index (κ1) is 8.24. The second kappa shape index (κ2) is 4.11.